The van der Waals surface area contributed by atoms with E-state index < -0.39 is 11.9 Å². The predicted molar refractivity (Wildman–Crippen MR) is 84.8 cm³/mol. The van der Waals surface area contributed by atoms with Crippen molar-refractivity contribution in [3.63, 3.8) is 0 Å². The second-order valence-electron chi connectivity index (χ2n) is 4.65. The van der Waals surface area contributed by atoms with E-state index in [4.69, 9.17) is 0 Å². The number of rotatable bonds is 7. The molecule has 0 aromatic heterocycles. The van der Waals surface area contributed by atoms with Crippen molar-refractivity contribution in [1.82, 2.24) is 16.0 Å². The van der Waals surface area contributed by atoms with Gasteiger partial charge in [0, 0.05) is 12.6 Å². The van der Waals surface area contributed by atoms with Gasteiger partial charge in [-0.25, -0.2) is 0 Å². The lowest BCUT2D eigenvalue weighted by molar-refractivity contribution is -0.128. The fraction of sp³-hybridized carbons (Fsp3) is 0.312. The van der Waals surface area contributed by atoms with Crippen molar-refractivity contribution in [2.75, 3.05) is 13.1 Å². The first kappa shape index (κ1) is 17.4. The number of hydrogen-bond acceptors (Lipinski definition) is 3. The zero-order valence-corrected chi connectivity index (χ0v) is 12.8. The molecule has 0 unspecified atom stereocenters. The second-order valence-corrected chi connectivity index (χ2v) is 4.65. The Morgan fingerprint density at radius 2 is 1.82 bits per heavy atom. The van der Waals surface area contributed by atoms with Crippen molar-refractivity contribution in [2.45, 2.75) is 19.9 Å². The highest BCUT2D eigenvalue weighted by molar-refractivity contribution is 5.95. The first-order valence-electron chi connectivity index (χ1n) is 7.11. The summed E-state index contributed by atoms with van der Waals surface area (Å²) in [6.07, 6.45) is 3.01. The number of nitrogens with one attached hydrogen (secondary N) is 3. The first-order chi connectivity index (χ1) is 10.5. The SMILES string of the molecule is CCNC(=O)[C@@H](C)NC(=O)CNC(=O)/C=C/c1ccccc1. The molecule has 118 valence electrons. The van der Waals surface area contributed by atoms with Gasteiger partial charge in [0.15, 0.2) is 0 Å². The maximum absolute atomic E-state index is 11.6. The molecule has 0 heterocycles. The third kappa shape index (κ3) is 6.69. The minimum Gasteiger partial charge on any atom is -0.355 e. The third-order valence-electron chi connectivity index (χ3n) is 2.77. The van der Waals surface area contributed by atoms with Crippen LogP contribution in [0, 0.1) is 0 Å². The molecule has 1 atom stereocenters. The molecule has 1 rings (SSSR count). The summed E-state index contributed by atoms with van der Waals surface area (Å²) in [6.45, 7) is 3.70. The summed E-state index contributed by atoms with van der Waals surface area (Å²) >= 11 is 0. The molecule has 6 heteroatoms. The Labute approximate surface area is 130 Å². The molecule has 1 aromatic carbocycles. The lowest BCUT2D eigenvalue weighted by atomic mass is 10.2. The van der Waals surface area contributed by atoms with Crippen LogP contribution in [0.25, 0.3) is 6.08 Å². The van der Waals surface area contributed by atoms with Gasteiger partial charge < -0.3 is 16.0 Å². The molecule has 3 amide bonds. The number of benzene rings is 1. The van der Waals surface area contributed by atoms with E-state index in [1.54, 1.807) is 19.9 Å². The number of likely N-dealkylation sites (N-methyl/N-ethyl adjacent to an activating group) is 1. The fourth-order valence-corrected chi connectivity index (χ4v) is 1.65. The van der Waals surface area contributed by atoms with Gasteiger partial charge in [0.2, 0.25) is 17.7 Å². The molecule has 22 heavy (non-hydrogen) atoms. The normalized spacial score (nSPS) is 11.7. The summed E-state index contributed by atoms with van der Waals surface area (Å²) in [7, 11) is 0. The van der Waals surface area contributed by atoms with Gasteiger partial charge in [-0.15, -0.1) is 0 Å². The Kier molecular flexibility index (Phi) is 7.39. The summed E-state index contributed by atoms with van der Waals surface area (Å²) in [5, 5.41) is 7.57. The third-order valence-corrected chi connectivity index (χ3v) is 2.77. The molecule has 0 aliphatic carbocycles. The van der Waals surface area contributed by atoms with E-state index in [2.05, 4.69) is 16.0 Å². The topological polar surface area (TPSA) is 87.3 Å². The van der Waals surface area contributed by atoms with E-state index in [0.717, 1.165) is 5.56 Å². The minimum absolute atomic E-state index is 0.179. The second kappa shape index (κ2) is 9.33. The largest absolute Gasteiger partial charge is 0.355 e. The highest BCUT2D eigenvalue weighted by atomic mass is 16.2. The lowest BCUT2D eigenvalue weighted by Gasteiger charge is -2.13. The van der Waals surface area contributed by atoms with Gasteiger partial charge in [0.05, 0.1) is 6.54 Å². The molecule has 1 aromatic rings. The van der Waals surface area contributed by atoms with Crippen molar-refractivity contribution in [3.05, 3.63) is 42.0 Å². The van der Waals surface area contributed by atoms with Gasteiger partial charge in [-0.1, -0.05) is 30.3 Å². The summed E-state index contributed by atoms with van der Waals surface area (Å²) < 4.78 is 0. The Bertz CT molecular complexity index is 541. The molecule has 0 aliphatic rings. The van der Waals surface area contributed by atoms with Crippen molar-refractivity contribution in [2.24, 2.45) is 0 Å². The van der Waals surface area contributed by atoms with Crippen LogP contribution in [0.3, 0.4) is 0 Å². The van der Waals surface area contributed by atoms with Gasteiger partial charge >= 0.3 is 0 Å². The van der Waals surface area contributed by atoms with Gasteiger partial charge in [-0.2, -0.15) is 0 Å². The Morgan fingerprint density at radius 1 is 1.14 bits per heavy atom. The van der Waals surface area contributed by atoms with Crippen LogP contribution in [0.1, 0.15) is 19.4 Å². The van der Waals surface area contributed by atoms with Gasteiger partial charge in [0.25, 0.3) is 0 Å². The van der Waals surface area contributed by atoms with E-state index in [9.17, 15) is 14.4 Å². The van der Waals surface area contributed by atoms with Crippen molar-refractivity contribution >= 4 is 23.8 Å². The summed E-state index contributed by atoms with van der Waals surface area (Å²) in [5.41, 5.74) is 0.895. The van der Waals surface area contributed by atoms with Gasteiger partial charge in [0.1, 0.15) is 6.04 Å². The molecule has 3 N–H and O–H groups in total. The summed E-state index contributed by atoms with van der Waals surface area (Å²) in [6, 6.07) is 8.72. The van der Waals surface area contributed by atoms with E-state index in [1.807, 2.05) is 30.3 Å². The zero-order valence-electron chi connectivity index (χ0n) is 12.8. The van der Waals surface area contributed by atoms with Crippen LogP contribution >= 0.6 is 0 Å². The number of carbonyl (C=O) groups is 3. The Balaban J connectivity index is 2.33. The standard InChI is InChI=1S/C16H21N3O3/c1-3-17-16(22)12(2)19-15(21)11-18-14(20)10-9-13-7-5-4-6-8-13/h4-10,12H,3,11H2,1-2H3,(H,17,22)(H,18,20)(H,19,21)/b10-9+/t12-/m1/s1. The van der Waals surface area contributed by atoms with Crippen LogP contribution in [0.15, 0.2) is 36.4 Å². The molecular weight excluding hydrogens is 282 g/mol. The van der Waals surface area contributed by atoms with E-state index in [-0.39, 0.29) is 18.4 Å². The Hall–Kier alpha value is -2.63. The van der Waals surface area contributed by atoms with Crippen molar-refractivity contribution in [1.29, 1.82) is 0 Å². The van der Waals surface area contributed by atoms with E-state index >= 15 is 0 Å². The number of hydrogen-bond donors (Lipinski definition) is 3. The number of carbonyl (C=O) groups excluding carboxylic acids is 3. The van der Waals surface area contributed by atoms with Crippen molar-refractivity contribution < 1.29 is 14.4 Å². The number of amides is 3. The predicted octanol–water partition coefficient (Wildman–Crippen LogP) is 0.457. The average molecular weight is 303 g/mol. The molecule has 0 radical (unpaired) electrons. The van der Waals surface area contributed by atoms with Crippen molar-refractivity contribution in [3.8, 4) is 0 Å². The maximum Gasteiger partial charge on any atom is 0.244 e. The first-order valence-corrected chi connectivity index (χ1v) is 7.11. The quantitative estimate of drug-likeness (QED) is 0.639. The molecule has 0 spiro atoms. The maximum atomic E-state index is 11.6. The smallest absolute Gasteiger partial charge is 0.244 e. The molecule has 0 fully saturated rings. The molecule has 0 bridgehead atoms. The van der Waals surface area contributed by atoms with E-state index in [0.29, 0.717) is 6.54 Å². The highest BCUT2D eigenvalue weighted by Crippen LogP contribution is 2.00. The van der Waals surface area contributed by atoms with Gasteiger partial charge in [-0.3, -0.25) is 14.4 Å². The average Bonchev–Trinajstić information content (AvgIpc) is 2.52. The monoisotopic (exact) mass is 303 g/mol. The van der Waals surface area contributed by atoms with Crippen LogP contribution in [0.2, 0.25) is 0 Å². The fourth-order valence-electron chi connectivity index (χ4n) is 1.65. The highest BCUT2D eigenvalue weighted by Gasteiger charge is 2.14. The van der Waals surface area contributed by atoms with Crippen LogP contribution in [0.4, 0.5) is 0 Å². The van der Waals surface area contributed by atoms with Gasteiger partial charge in [-0.05, 0) is 25.5 Å². The molecular formula is C16H21N3O3. The van der Waals surface area contributed by atoms with Crippen LogP contribution in [0.5, 0.6) is 0 Å². The zero-order chi connectivity index (χ0) is 16.4. The molecule has 0 aliphatic heterocycles. The van der Waals surface area contributed by atoms with Crippen LogP contribution in [-0.2, 0) is 14.4 Å². The molecule has 0 saturated carbocycles. The van der Waals surface area contributed by atoms with Crippen LogP contribution in [-0.4, -0.2) is 36.9 Å². The molecule has 6 nitrogen and oxygen atoms in total. The lowest BCUT2D eigenvalue weighted by Crippen LogP contribution is -2.47. The van der Waals surface area contributed by atoms with Crippen LogP contribution < -0.4 is 16.0 Å². The summed E-state index contributed by atoms with van der Waals surface area (Å²) in [5.74, 6) is -1.05. The van der Waals surface area contributed by atoms with E-state index in [1.165, 1.54) is 6.08 Å². The minimum atomic E-state index is -0.635. The molecule has 0 saturated heterocycles. The Morgan fingerprint density at radius 3 is 2.45 bits per heavy atom. The summed E-state index contributed by atoms with van der Waals surface area (Å²) in [4.78, 5) is 34.6.